The Morgan fingerprint density at radius 2 is 1.81 bits per heavy atom. The second-order valence-electron chi connectivity index (χ2n) is 9.70. The molecule has 184 valence electrons. The summed E-state index contributed by atoms with van der Waals surface area (Å²) in [5.41, 5.74) is 3.34. The highest BCUT2D eigenvalue weighted by molar-refractivity contribution is 5.90. The van der Waals surface area contributed by atoms with Crippen LogP contribution in [0.25, 0.3) is 10.8 Å². The molecule has 1 heterocycles. The molecule has 0 saturated carbocycles. The van der Waals surface area contributed by atoms with Gasteiger partial charge in [0.1, 0.15) is 11.6 Å². The molecule has 5 rings (SSSR count). The van der Waals surface area contributed by atoms with E-state index in [1.165, 1.54) is 29.5 Å². The minimum absolute atomic E-state index is 0.0273. The number of halogens is 1. The minimum atomic E-state index is -0.659. The molecule has 36 heavy (non-hydrogen) atoms. The Morgan fingerprint density at radius 1 is 1.03 bits per heavy atom. The monoisotopic (exact) mass is 482 g/mol. The molecular weight excluding hydrogens is 451 g/mol. The highest BCUT2D eigenvalue weighted by Gasteiger charge is 2.30. The van der Waals surface area contributed by atoms with E-state index in [9.17, 15) is 9.18 Å². The smallest absolute Gasteiger partial charge is 0.340 e. The summed E-state index contributed by atoms with van der Waals surface area (Å²) in [4.78, 5) is 12.1. The number of hydrogen-bond donors (Lipinski definition) is 0. The number of rotatable bonds is 7. The van der Waals surface area contributed by atoms with Gasteiger partial charge in [-0.3, -0.25) is 0 Å². The predicted octanol–water partition coefficient (Wildman–Crippen LogP) is 8.02. The molecule has 0 amide bonds. The topological polar surface area (TPSA) is 35.5 Å². The number of fused-ring (bicyclic) bond motifs is 2. The Morgan fingerprint density at radius 3 is 2.67 bits per heavy atom. The van der Waals surface area contributed by atoms with E-state index < -0.39 is 11.8 Å². The average molecular weight is 483 g/mol. The van der Waals surface area contributed by atoms with Crippen LogP contribution < -0.4 is 4.74 Å². The SMILES string of the molecule is COC(=O)c1cc([C@@H]2C[C@H](CCC[C@H](C)c3cccc4ccccc34)Oc3ccccc32)ccc1F. The van der Waals surface area contributed by atoms with Crippen molar-refractivity contribution < 1.29 is 18.7 Å². The zero-order valence-electron chi connectivity index (χ0n) is 20.7. The first-order valence-corrected chi connectivity index (χ1v) is 12.7. The van der Waals surface area contributed by atoms with E-state index in [-0.39, 0.29) is 17.6 Å². The van der Waals surface area contributed by atoms with Crippen molar-refractivity contribution in [3.63, 3.8) is 0 Å². The summed E-state index contributed by atoms with van der Waals surface area (Å²) in [6.45, 7) is 2.30. The van der Waals surface area contributed by atoms with Gasteiger partial charge in [0.2, 0.25) is 0 Å². The summed E-state index contributed by atoms with van der Waals surface area (Å²) < 4.78 is 25.5. The number of esters is 1. The van der Waals surface area contributed by atoms with E-state index in [4.69, 9.17) is 9.47 Å². The number of ether oxygens (including phenoxy) is 2. The summed E-state index contributed by atoms with van der Waals surface area (Å²) in [5, 5.41) is 2.61. The van der Waals surface area contributed by atoms with E-state index in [0.717, 1.165) is 42.6 Å². The quantitative estimate of drug-likeness (QED) is 0.250. The van der Waals surface area contributed by atoms with Gasteiger partial charge < -0.3 is 9.47 Å². The van der Waals surface area contributed by atoms with Crippen LogP contribution in [-0.4, -0.2) is 19.2 Å². The van der Waals surface area contributed by atoms with Gasteiger partial charge in [0, 0.05) is 11.5 Å². The first-order chi connectivity index (χ1) is 17.5. The number of benzene rings is 4. The van der Waals surface area contributed by atoms with E-state index in [1.54, 1.807) is 12.1 Å². The van der Waals surface area contributed by atoms with Crippen molar-refractivity contribution in [2.24, 2.45) is 0 Å². The summed E-state index contributed by atoms with van der Waals surface area (Å²) in [6.07, 6.45) is 3.89. The fourth-order valence-electron chi connectivity index (χ4n) is 5.50. The van der Waals surface area contributed by atoms with Gasteiger partial charge in [0.25, 0.3) is 0 Å². The molecule has 0 aliphatic carbocycles. The van der Waals surface area contributed by atoms with Crippen LogP contribution in [0.4, 0.5) is 4.39 Å². The van der Waals surface area contributed by atoms with Crippen molar-refractivity contribution >= 4 is 16.7 Å². The molecule has 0 saturated heterocycles. The van der Waals surface area contributed by atoms with Gasteiger partial charge in [-0.1, -0.05) is 73.7 Å². The third kappa shape index (κ3) is 4.86. The zero-order chi connectivity index (χ0) is 25.1. The fourth-order valence-corrected chi connectivity index (χ4v) is 5.50. The largest absolute Gasteiger partial charge is 0.490 e. The standard InChI is InChI=1S/C32H31FO3/c1-21(25-15-8-11-22-10-3-4-13-26(22)25)9-7-12-24-20-28(27-14-5-6-16-31(27)36-24)23-17-18-30(33)29(19-23)32(34)35-2/h3-6,8,10-11,13-19,21,24,28H,7,9,12,20H2,1-2H3/t21-,24-,28-/m0/s1. The van der Waals surface area contributed by atoms with Gasteiger partial charge in [-0.25, -0.2) is 9.18 Å². The first-order valence-electron chi connectivity index (χ1n) is 12.7. The van der Waals surface area contributed by atoms with Crippen molar-refractivity contribution in [2.45, 2.75) is 50.5 Å². The normalized spacial score (nSPS) is 17.8. The highest BCUT2D eigenvalue weighted by atomic mass is 19.1. The van der Waals surface area contributed by atoms with Gasteiger partial charge in [-0.05, 0) is 71.7 Å². The second kappa shape index (κ2) is 10.5. The van der Waals surface area contributed by atoms with Crippen LogP contribution in [0.3, 0.4) is 0 Å². The lowest BCUT2D eigenvalue weighted by Crippen LogP contribution is -2.26. The van der Waals surface area contributed by atoms with Crippen LogP contribution in [0.1, 0.15) is 71.5 Å². The molecule has 0 spiro atoms. The molecule has 0 fully saturated rings. The Kier molecular flexibility index (Phi) is 7.04. The summed E-state index contributed by atoms with van der Waals surface area (Å²) >= 11 is 0. The number of hydrogen-bond acceptors (Lipinski definition) is 3. The van der Waals surface area contributed by atoms with E-state index >= 15 is 0 Å². The molecule has 0 N–H and O–H groups in total. The van der Waals surface area contributed by atoms with Gasteiger partial charge >= 0.3 is 5.97 Å². The Labute approximate surface area is 211 Å². The zero-order valence-corrected chi connectivity index (χ0v) is 20.7. The van der Waals surface area contributed by atoms with Crippen molar-refractivity contribution in [3.05, 3.63) is 113 Å². The molecule has 0 unspecified atom stereocenters. The molecule has 0 bridgehead atoms. The molecule has 4 heteroatoms. The van der Waals surface area contributed by atoms with Crippen molar-refractivity contribution in [1.29, 1.82) is 0 Å². The van der Waals surface area contributed by atoms with E-state index in [2.05, 4.69) is 55.5 Å². The summed E-state index contributed by atoms with van der Waals surface area (Å²) in [6, 6.07) is 27.9. The molecule has 4 aromatic carbocycles. The number of para-hydroxylation sites is 1. The van der Waals surface area contributed by atoms with E-state index in [0.29, 0.717) is 5.92 Å². The lowest BCUT2D eigenvalue weighted by molar-refractivity contribution is 0.0595. The third-order valence-corrected chi connectivity index (χ3v) is 7.40. The first kappa shape index (κ1) is 24.1. The molecule has 1 aliphatic heterocycles. The average Bonchev–Trinajstić information content (AvgIpc) is 2.92. The molecule has 1 aliphatic rings. The Bertz CT molecular complexity index is 1370. The molecule has 0 aromatic heterocycles. The summed E-state index contributed by atoms with van der Waals surface area (Å²) in [7, 11) is 1.27. The lowest BCUT2D eigenvalue weighted by Gasteiger charge is -2.33. The minimum Gasteiger partial charge on any atom is -0.490 e. The maximum Gasteiger partial charge on any atom is 0.340 e. The van der Waals surface area contributed by atoms with Crippen LogP contribution in [-0.2, 0) is 4.74 Å². The van der Waals surface area contributed by atoms with Crippen LogP contribution in [0, 0.1) is 5.82 Å². The van der Waals surface area contributed by atoms with Crippen LogP contribution in [0.5, 0.6) is 5.75 Å². The Balaban J connectivity index is 1.32. The number of methoxy groups -OCH3 is 1. The number of carbonyl (C=O) groups excluding carboxylic acids is 1. The number of carbonyl (C=O) groups is 1. The van der Waals surface area contributed by atoms with Gasteiger partial charge in [-0.2, -0.15) is 0 Å². The molecule has 4 aromatic rings. The third-order valence-electron chi connectivity index (χ3n) is 7.40. The van der Waals surface area contributed by atoms with Gasteiger partial charge in [0.15, 0.2) is 0 Å². The highest BCUT2D eigenvalue weighted by Crippen LogP contribution is 2.42. The Hall–Kier alpha value is -3.66. The molecular formula is C32H31FO3. The second-order valence-corrected chi connectivity index (χ2v) is 9.70. The lowest BCUT2D eigenvalue weighted by atomic mass is 9.82. The van der Waals surface area contributed by atoms with Gasteiger partial charge in [-0.15, -0.1) is 0 Å². The molecule has 3 nitrogen and oxygen atoms in total. The maximum absolute atomic E-state index is 14.3. The molecule has 0 radical (unpaired) electrons. The van der Waals surface area contributed by atoms with Crippen molar-refractivity contribution in [3.8, 4) is 5.75 Å². The maximum atomic E-state index is 14.3. The van der Waals surface area contributed by atoms with Crippen LogP contribution in [0.15, 0.2) is 84.9 Å². The van der Waals surface area contributed by atoms with E-state index in [1.807, 2.05) is 18.2 Å². The van der Waals surface area contributed by atoms with Crippen LogP contribution >= 0.6 is 0 Å². The molecule has 3 atom stereocenters. The van der Waals surface area contributed by atoms with Crippen molar-refractivity contribution in [2.75, 3.05) is 7.11 Å². The fraction of sp³-hybridized carbons (Fsp3) is 0.281. The summed E-state index contributed by atoms with van der Waals surface area (Å²) in [5.74, 6) is 0.116. The van der Waals surface area contributed by atoms with Gasteiger partial charge in [0.05, 0.1) is 18.8 Å². The predicted molar refractivity (Wildman–Crippen MR) is 141 cm³/mol. The van der Waals surface area contributed by atoms with Crippen molar-refractivity contribution in [1.82, 2.24) is 0 Å². The van der Waals surface area contributed by atoms with Crippen LogP contribution in [0.2, 0.25) is 0 Å².